The largest absolute Gasteiger partial charge is 0.412 e. The topological polar surface area (TPSA) is 86.6 Å². The van der Waals surface area contributed by atoms with E-state index in [9.17, 15) is 33.0 Å². The zero-order valence-electron chi connectivity index (χ0n) is 20.4. The summed E-state index contributed by atoms with van der Waals surface area (Å²) in [5, 5.41) is 25.3. The number of carbonyl (C=O) groups is 2. The molecule has 1 amide bonds. The Morgan fingerprint density at radius 1 is 1.17 bits per heavy atom. The lowest BCUT2D eigenvalue weighted by Crippen LogP contribution is -2.63. The lowest BCUT2D eigenvalue weighted by molar-refractivity contribution is -0.188. The van der Waals surface area contributed by atoms with Gasteiger partial charge in [0.25, 0.3) is 5.91 Å². The highest BCUT2D eigenvalue weighted by atomic mass is 19.4. The van der Waals surface area contributed by atoms with E-state index in [1.165, 1.54) is 30.3 Å². The summed E-state index contributed by atoms with van der Waals surface area (Å²) in [7, 11) is 0. The molecule has 194 valence electrons. The van der Waals surface area contributed by atoms with Gasteiger partial charge in [0.05, 0.1) is 6.10 Å². The number of halogens is 3. The van der Waals surface area contributed by atoms with Crippen molar-refractivity contribution < 1.29 is 33.0 Å². The van der Waals surface area contributed by atoms with Crippen LogP contribution in [0.25, 0.3) is 0 Å². The monoisotopic (exact) mass is 503 g/mol. The Morgan fingerprint density at radius 2 is 1.86 bits per heavy atom. The van der Waals surface area contributed by atoms with Gasteiger partial charge in [0, 0.05) is 16.7 Å². The smallest absolute Gasteiger partial charge is 0.393 e. The van der Waals surface area contributed by atoms with E-state index >= 15 is 0 Å². The molecule has 4 aliphatic rings. The van der Waals surface area contributed by atoms with Crippen molar-refractivity contribution in [2.24, 2.45) is 28.6 Å². The summed E-state index contributed by atoms with van der Waals surface area (Å²) in [5.74, 6) is -1.49. The van der Waals surface area contributed by atoms with Crippen LogP contribution in [-0.2, 0) is 9.59 Å². The Kier molecular flexibility index (Phi) is 5.80. The number of nitrogens with one attached hydrogen (secondary N) is 1. The van der Waals surface area contributed by atoms with E-state index < -0.39 is 40.7 Å². The molecular formula is C28H32F3NO4. The second kappa shape index (κ2) is 8.28. The zero-order valence-corrected chi connectivity index (χ0v) is 20.4. The minimum atomic E-state index is -4.74. The van der Waals surface area contributed by atoms with Crippen molar-refractivity contribution in [3.8, 4) is 0 Å². The van der Waals surface area contributed by atoms with Gasteiger partial charge in [0.15, 0.2) is 11.8 Å². The second-order valence-electron chi connectivity index (χ2n) is 11.5. The highest BCUT2D eigenvalue weighted by Crippen LogP contribution is 2.67. The predicted molar refractivity (Wildman–Crippen MR) is 126 cm³/mol. The standard InChI is InChI=1S/C28H32F3NO4/c1-25-12-10-18(33)14-17(25)8-9-19-20-11-13-27(36,26(20,2)15-21(34)22(19)25)24(35)32-23(28(29,30)31)16-6-4-3-5-7-16/h3-7,10,12,14,19-23,34,36H,8-9,11,13,15H2,1-2H3,(H,32,35)/t19?,20?,21?,22?,23-,25?,26?,27-/m0/s1. The molecule has 3 fully saturated rings. The third kappa shape index (κ3) is 3.59. The van der Waals surface area contributed by atoms with Crippen LogP contribution in [0.3, 0.4) is 0 Å². The molecular weight excluding hydrogens is 471 g/mol. The van der Waals surface area contributed by atoms with E-state index in [0.29, 0.717) is 19.3 Å². The van der Waals surface area contributed by atoms with Gasteiger partial charge < -0.3 is 15.5 Å². The first-order valence-electron chi connectivity index (χ1n) is 12.6. The summed E-state index contributed by atoms with van der Waals surface area (Å²) in [6.45, 7) is 3.76. The molecule has 6 unspecified atom stereocenters. The highest BCUT2D eigenvalue weighted by Gasteiger charge is 2.68. The molecule has 0 heterocycles. The number of alkyl halides is 3. The summed E-state index contributed by atoms with van der Waals surface area (Å²) < 4.78 is 41.8. The van der Waals surface area contributed by atoms with Crippen LogP contribution in [0.5, 0.6) is 0 Å². The van der Waals surface area contributed by atoms with Gasteiger partial charge in [-0.25, -0.2) is 0 Å². The molecule has 0 aliphatic heterocycles. The Hall–Kier alpha value is -2.45. The maximum Gasteiger partial charge on any atom is 0.412 e. The molecule has 0 bridgehead atoms. The van der Waals surface area contributed by atoms with Crippen LogP contribution in [0, 0.1) is 28.6 Å². The lowest BCUT2D eigenvalue weighted by atomic mass is 9.46. The van der Waals surface area contributed by atoms with Crippen molar-refractivity contribution in [2.45, 2.75) is 69.9 Å². The number of benzene rings is 1. The number of carbonyl (C=O) groups excluding carboxylic acids is 2. The SMILES string of the molecule is CC12C=CC(=O)C=C1CCC1C2C(O)CC2(C)C1CC[C@]2(O)C(=O)N[C@@H](c1ccccc1)C(F)(F)F. The molecule has 5 nitrogen and oxygen atoms in total. The van der Waals surface area contributed by atoms with E-state index in [4.69, 9.17) is 0 Å². The van der Waals surface area contributed by atoms with Crippen LogP contribution in [0.4, 0.5) is 13.2 Å². The average Bonchev–Trinajstić information content (AvgIpc) is 3.08. The molecule has 0 radical (unpaired) electrons. The summed E-state index contributed by atoms with van der Waals surface area (Å²) in [5.41, 5.74) is -2.76. The number of amides is 1. The quantitative estimate of drug-likeness (QED) is 0.570. The van der Waals surface area contributed by atoms with Gasteiger partial charge in [0.1, 0.15) is 5.60 Å². The second-order valence-corrected chi connectivity index (χ2v) is 11.5. The van der Waals surface area contributed by atoms with Crippen LogP contribution in [-0.4, -0.2) is 39.8 Å². The molecule has 3 N–H and O–H groups in total. The Bertz CT molecular complexity index is 1130. The molecule has 3 saturated carbocycles. The number of hydrogen-bond acceptors (Lipinski definition) is 4. The first kappa shape index (κ1) is 25.2. The zero-order chi connectivity index (χ0) is 26.1. The molecule has 8 heteroatoms. The Labute approximate surface area is 208 Å². The van der Waals surface area contributed by atoms with Gasteiger partial charge in [-0.2, -0.15) is 13.2 Å². The lowest BCUT2D eigenvalue weighted by Gasteiger charge is -2.59. The maximum atomic E-state index is 13.9. The first-order valence-corrected chi connectivity index (χ1v) is 12.6. The molecule has 1 aromatic carbocycles. The Morgan fingerprint density at radius 3 is 2.53 bits per heavy atom. The number of aliphatic hydroxyl groups excluding tert-OH is 1. The molecule has 0 aromatic heterocycles. The number of aliphatic hydroxyl groups is 2. The number of fused-ring (bicyclic) bond motifs is 5. The highest BCUT2D eigenvalue weighted by molar-refractivity contribution is 6.01. The van der Waals surface area contributed by atoms with Gasteiger partial charge in [0.2, 0.25) is 0 Å². The molecule has 0 spiro atoms. The minimum absolute atomic E-state index is 0.0308. The minimum Gasteiger partial charge on any atom is -0.393 e. The summed E-state index contributed by atoms with van der Waals surface area (Å²) in [4.78, 5) is 25.4. The van der Waals surface area contributed by atoms with E-state index in [1.54, 1.807) is 19.1 Å². The van der Waals surface area contributed by atoms with Crippen molar-refractivity contribution in [3.63, 3.8) is 0 Å². The third-order valence-electron chi connectivity index (χ3n) is 9.76. The molecule has 5 rings (SSSR count). The normalized spacial score (nSPS) is 40.5. The van der Waals surface area contributed by atoms with Crippen LogP contribution >= 0.6 is 0 Å². The van der Waals surface area contributed by atoms with Gasteiger partial charge in [-0.05, 0) is 61.7 Å². The van der Waals surface area contributed by atoms with Gasteiger partial charge in [-0.3, -0.25) is 9.59 Å². The van der Waals surface area contributed by atoms with Crippen molar-refractivity contribution in [1.82, 2.24) is 5.32 Å². The van der Waals surface area contributed by atoms with E-state index in [0.717, 1.165) is 5.57 Å². The molecule has 36 heavy (non-hydrogen) atoms. The summed E-state index contributed by atoms with van der Waals surface area (Å²) in [6, 6.07) is 4.89. The Balaban J connectivity index is 1.45. The number of rotatable bonds is 3. The third-order valence-corrected chi connectivity index (χ3v) is 9.76. The van der Waals surface area contributed by atoms with Crippen molar-refractivity contribution in [1.29, 1.82) is 0 Å². The van der Waals surface area contributed by atoms with E-state index in [-0.39, 0.29) is 41.9 Å². The maximum absolute atomic E-state index is 13.9. The fraction of sp³-hybridized carbons (Fsp3) is 0.571. The van der Waals surface area contributed by atoms with E-state index in [1.807, 2.05) is 13.0 Å². The van der Waals surface area contributed by atoms with Gasteiger partial charge in [-0.1, -0.05) is 55.8 Å². The van der Waals surface area contributed by atoms with Crippen molar-refractivity contribution >= 4 is 11.7 Å². The summed E-state index contributed by atoms with van der Waals surface area (Å²) >= 11 is 0. The van der Waals surface area contributed by atoms with Gasteiger partial charge in [-0.15, -0.1) is 0 Å². The number of hydrogen-bond donors (Lipinski definition) is 3. The van der Waals surface area contributed by atoms with E-state index in [2.05, 4.69) is 5.32 Å². The number of ketones is 1. The fourth-order valence-corrected chi connectivity index (χ4v) is 7.95. The molecule has 8 atom stereocenters. The van der Waals surface area contributed by atoms with Crippen LogP contribution in [0.1, 0.15) is 57.6 Å². The van der Waals surface area contributed by atoms with Crippen LogP contribution < -0.4 is 5.32 Å². The molecule has 1 aromatic rings. The van der Waals surface area contributed by atoms with Crippen LogP contribution in [0.2, 0.25) is 0 Å². The first-order chi connectivity index (χ1) is 16.8. The van der Waals surface area contributed by atoms with Crippen molar-refractivity contribution in [2.75, 3.05) is 0 Å². The predicted octanol–water partition coefficient (Wildman–Crippen LogP) is 4.42. The van der Waals surface area contributed by atoms with Gasteiger partial charge >= 0.3 is 6.18 Å². The van der Waals surface area contributed by atoms with Crippen LogP contribution in [0.15, 0.2) is 54.1 Å². The molecule has 4 aliphatic carbocycles. The summed E-state index contributed by atoms with van der Waals surface area (Å²) in [6.07, 6.45) is 1.39. The van der Waals surface area contributed by atoms with Crippen molar-refractivity contribution in [3.05, 3.63) is 59.7 Å². The fourth-order valence-electron chi connectivity index (χ4n) is 7.95. The average molecular weight is 504 g/mol. The molecule has 0 saturated heterocycles. The number of allylic oxidation sites excluding steroid dienone is 4.